The zero-order chi connectivity index (χ0) is 18.2. The van der Waals surface area contributed by atoms with E-state index >= 15 is 0 Å². The molecular formula is C17H22N4O4. The average Bonchev–Trinajstić information content (AvgIpc) is 2.91. The van der Waals surface area contributed by atoms with Gasteiger partial charge in [-0.3, -0.25) is 4.79 Å². The quantitative estimate of drug-likeness (QED) is 0.651. The van der Waals surface area contributed by atoms with Gasteiger partial charge in [-0.15, -0.1) is 0 Å². The van der Waals surface area contributed by atoms with Crippen LogP contribution in [-0.4, -0.2) is 28.1 Å². The van der Waals surface area contributed by atoms with E-state index in [4.69, 9.17) is 4.74 Å². The van der Waals surface area contributed by atoms with Gasteiger partial charge in [0.1, 0.15) is 6.20 Å². The number of aromatic nitrogens is 1. The Bertz CT molecular complexity index is 746. The second-order valence-electron chi connectivity index (χ2n) is 7.46. The van der Waals surface area contributed by atoms with Gasteiger partial charge in [0.25, 0.3) is 5.91 Å². The minimum atomic E-state index is -0.647. The molecule has 3 rings (SSSR count). The molecule has 2 aliphatic rings. The molecule has 2 atom stereocenters. The molecule has 0 spiro atoms. The molecule has 2 fully saturated rings. The molecule has 1 heterocycles. The Hall–Kier alpha value is -2.51. The van der Waals surface area contributed by atoms with Crippen molar-refractivity contribution in [2.24, 2.45) is 21.8 Å². The fourth-order valence-electron chi connectivity index (χ4n) is 4.03. The van der Waals surface area contributed by atoms with Crippen molar-refractivity contribution in [2.75, 3.05) is 6.61 Å². The third kappa shape index (κ3) is 2.85. The molecule has 2 aliphatic carbocycles. The van der Waals surface area contributed by atoms with Gasteiger partial charge >= 0.3 is 5.82 Å². The van der Waals surface area contributed by atoms with Crippen LogP contribution in [0.15, 0.2) is 23.4 Å². The summed E-state index contributed by atoms with van der Waals surface area (Å²) >= 11 is 0. The first-order chi connectivity index (χ1) is 11.8. The maximum absolute atomic E-state index is 12.0. The van der Waals surface area contributed by atoms with E-state index in [9.17, 15) is 14.9 Å². The number of carbonyl (C=O) groups excluding carboxylic acids is 1. The lowest BCUT2D eigenvalue weighted by Crippen LogP contribution is -2.35. The number of fused-ring (bicyclic) bond motifs is 2. The lowest BCUT2D eigenvalue weighted by molar-refractivity contribution is -0.390. The van der Waals surface area contributed by atoms with Gasteiger partial charge in [-0.2, -0.15) is 5.10 Å². The van der Waals surface area contributed by atoms with E-state index in [-0.39, 0.29) is 23.2 Å². The Morgan fingerprint density at radius 1 is 1.52 bits per heavy atom. The smallest absolute Gasteiger partial charge is 0.406 e. The number of ether oxygens (including phenoxy) is 1. The predicted molar refractivity (Wildman–Crippen MR) is 91.2 cm³/mol. The van der Waals surface area contributed by atoms with Crippen molar-refractivity contribution < 1.29 is 14.5 Å². The zero-order valence-corrected chi connectivity index (χ0v) is 14.6. The van der Waals surface area contributed by atoms with Crippen LogP contribution in [0.5, 0.6) is 5.75 Å². The van der Waals surface area contributed by atoms with Gasteiger partial charge < -0.3 is 14.9 Å². The Labute approximate surface area is 145 Å². The predicted octanol–water partition coefficient (Wildman–Crippen LogP) is 2.69. The van der Waals surface area contributed by atoms with Gasteiger partial charge in [-0.25, -0.2) is 5.43 Å². The van der Waals surface area contributed by atoms with Crippen LogP contribution >= 0.6 is 0 Å². The third-order valence-electron chi connectivity index (χ3n) is 6.11. The fourth-order valence-corrected chi connectivity index (χ4v) is 4.03. The Morgan fingerprint density at radius 3 is 2.88 bits per heavy atom. The van der Waals surface area contributed by atoms with Crippen molar-refractivity contribution in [2.45, 2.75) is 40.0 Å². The lowest BCUT2D eigenvalue weighted by Gasteiger charge is -2.34. The van der Waals surface area contributed by atoms with Crippen molar-refractivity contribution in [1.82, 2.24) is 10.4 Å². The largest absolute Gasteiger partial charge is 0.476 e. The number of carbonyl (C=O) groups is 1. The van der Waals surface area contributed by atoms with Crippen molar-refractivity contribution in [3.05, 3.63) is 28.4 Å². The number of nitrogens with one attached hydrogen (secondary N) is 1. The standard InChI is InChI=1S/C17H22N4O4/c1-16(2)11-6-7-17(16,3)13(9-11)19-20-14(22)10-25-12-5-4-8-18-15(12)21(23)24/h4-5,8,11H,6-7,9-10H2,1-3H3,(H,20,22)/b19-13+. The highest BCUT2D eigenvalue weighted by Gasteiger charge is 2.60. The topological polar surface area (TPSA) is 107 Å². The number of hydrogen-bond donors (Lipinski definition) is 1. The van der Waals surface area contributed by atoms with E-state index in [0.717, 1.165) is 18.6 Å². The van der Waals surface area contributed by atoms with E-state index in [2.05, 4.69) is 36.3 Å². The molecule has 2 unspecified atom stereocenters. The molecule has 1 amide bonds. The van der Waals surface area contributed by atoms with E-state index in [1.54, 1.807) is 0 Å². The van der Waals surface area contributed by atoms with E-state index in [0.29, 0.717) is 5.92 Å². The minimum absolute atomic E-state index is 0.00788. The van der Waals surface area contributed by atoms with Crippen LogP contribution in [-0.2, 0) is 4.79 Å². The number of amides is 1. The fraction of sp³-hybridized carbons (Fsp3) is 0.588. The number of pyridine rings is 1. The van der Waals surface area contributed by atoms with E-state index < -0.39 is 16.6 Å². The number of hydrogen-bond acceptors (Lipinski definition) is 6. The van der Waals surface area contributed by atoms with Crippen LogP contribution in [0.2, 0.25) is 0 Å². The first kappa shape index (κ1) is 17.3. The van der Waals surface area contributed by atoms with Gasteiger partial charge in [0.15, 0.2) is 6.61 Å². The third-order valence-corrected chi connectivity index (χ3v) is 6.11. The van der Waals surface area contributed by atoms with Gasteiger partial charge in [0.2, 0.25) is 5.75 Å². The molecule has 0 radical (unpaired) electrons. The first-order valence-corrected chi connectivity index (χ1v) is 8.34. The van der Waals surface area contributed by atoms with Crippen LogP contribution in [0.1, 0.15) is 40.0 Å². The van der Waals surface area contributed by atoms with Crippen LogP contribution in [0, 0.1) is 26.9 Å². The van der Waals surface area contributed by atoms with Gasteiger partial charge in [0.05, 0.1) is 0 Å². The van der Waals surface area contributed by atoms with Gasteiger partial charge in [0, 0.05) is 11.1 Å². The van der Waals surface area contributed by atoms with E-state index in [1.807, 2.05) is 0 Å². The summed E-state index contributed by atoms with van der Waals surface area (Å²) < 4.78 is 5.22. The molecule has 8 nitrogen and oxygen atoms in total. The highest BCUT2D eigenvalue weighted by Crippen LogP contribution is 2.63. The Balaban J connectivity index is 1.61. The van der Waals surface area contributed by atoms with Crippen LogP contribution in [0.4, 0.5) is 5.82 Å². The SMILES string of the molecule is CC12CCC(C/C1=N\NC(=O)COc1cccnc1[N+](=O)[O-])C2(C)C. The van der Waals surface area contributed by atoms with Crippen LogP contribution < -0.4 is 10.2 Å². The maximum Gasteiger partial charge on any atom is 0.406 e. The molecule has 1 N–H and O–H groups in total. The molecule has 1 aromatic heterocycles. The van der Waals surface area contributed by atoms with Crippen LogP contribution in [0.3, 0.4) is 0 Å². The minimum Gasteiger partial charge on any atom is -0.476 e. The molecule has 134 valence electrons. The van der Waals surface area contributed by atoms with E-state index in [1.165, 1.54) is 24.8 Å². The molecular weight excluding hydrogens is 324 g/mol. The zero-order valence-electron chi connectivity index (χ0n) is 14.6. The summed E-state index contributed by atoms with van der Waals surface area (Å²) in [5, 5.41) is 15.2. The van der Waals surface area contributed by atoms with Gasteiger partial charge in [-0.05, 0) is 52.6 Å². The second kappa shape index (κ2) is 6.09. The van der Waals surface area contributed by atoms with Gasteiger partial charge in [-0.1, -0.05) is 20.8 Å². The van der Waals surface area contributed by atoms with Crippen molar-refractivity contribution in [1.29, 1.82) is 0 Å². The van der Waals surface area contributed by atoms with Crippen molar-refractivity contribution in [3.8, 4) is 5.75 Å². The number of nitrogens with zero attached hydrogens (tertiary/aromatic N) is 3. The normalized spacial score (nSPS) is 28.1. The number of nitro groups is 1. The second-order valence-corrected chi connectivity index (χ2v) is 7.46. The molecule has 2 bridgehead atoms. The molecule has 0 aromatic carbocycles. The number of hydrazone groups is 1. The average molecular weight is 346 g/mol. The molecule has 8 heteroatoms. The molecule has 2 saturated carbocycles. The van der Waals surface area contributed by atoms with Crippen molar-refractivity contribution in [3.63, 3.8) is 0 Å². The molecule has 0 saturated heterocycles. The summed E-state index contributed by atoms with van der Waals surface area (Å²) in [7, 11) is 0. The van der Waals surface area contributed by atoms with Crippen LogP contribution in [0.25, 0.3) is 0 Å². The summed E-state index contributed by atoms with van der Waals surface area (Å²) in [5.41, 5.74) is 3.74. The summed E-state index contributed by atoms with van der Waals surface area (Å²) in [4.78, 5) is 25.9. The Morgan fingerprint density at radius 2 is 2.28 bits per heavy atom. The summed E-state index contributed by atoms with van der Waals surface area (Å²) in [6.45, 7) is 6.38. The highest BCUT2D eigenvalue weighted by atomic mass is 16.6. The number of rotatable bonds is 5. The maximum atomic E-state index is 12.0. The molecule has 1 aromatic rings. The van der Waals surface area contributed by atoms with Crippen molar-refractivity contribution >= 4 is 17.4 Å². The molecule has 25 heavy (non-hydrogen) atoms. The molecule has 0 aliphatic heterocycles. The lowest BCUT2D eigenvalue weighted by atomic mass is 9.70. The highest BCUT2D eigenvalue weighted by molar-refractivity contribution is 5.95. The summed E-state index contributed by atoms with van der Waals surface area (Å²) in [6, 6.07) is 2.92. The monoisotopic (exact) mass is 346 g/mol. The first-order valence-electron chi connectivity index (χ1n) is 8.34. The summed E-state index contributed by atoms with van der Waals surface area (Å²) in [5.74, 6) is -0.301. The Kier molecular flexibility index (Phi) is 4.22. The summed E-state index contributed by atoms with van der Waals surface area (Å²) in [6.07, 6.45) is 4.48.